The molecule has 0 fully saturated rings. The first-order chi connectivity index (χ1) is 9.93. The van der Waals surface area contributed by atoms with E-state index in [1.54, 1.807) is 12.4 Å². The lowest BCUT2D eigenvalue weighted by molar-refractivity contribution is 0.962. The van der Waals surface area contributed by atoms with Crippen molar-refractivity contribution in [2.24, 2.45) is 0 Å². The van der Waals surface area contributed by atoms with Crippen LogP contribution < -0.4 is 5.32 Å². The Morgan fingerprint density at radius 3 is 2.10 bits per heavy atom. The number of nitrogens with one attached hydrogen (secondary N) is 1. The second-order valence-corrected chi connectivity index (χ2v) is 6.90. The first-order valence-electron chi connectivity index (χ1n) is 5.69. The molecule has 1 N–H and O–H groups in total. The van der Waals surface area contributed by atoms with Crippen LogP contribution in [-0.2, 0) is 0 Å². The molecular weight excluding hydrogens is 562 g/mol. The normalized spacial score (nSPS) is 9.81. The zero-order chi connectivity index (χ0) is 15.8. The summed E-state index contributed by atoms with van der Waals surface area (Å²) in [6.07, 6.45) is 4.34. The van der Waals surface area contributed by atoms with Crippen LogP contribution in [0.2, 0.25) is 15.7 Å². The molecule has 0 unspecified atom stereocenters. The maximum absolute atomic E-state index is 5.63. The zero-order valence-electron chi connectivity index (χ0n) is 10.7. The Labute approximate surface area is 164 Å². The van der Waals surface area contributed by atoms with Crippen molar-refractivity contribution in [3.8, 4) is 0 Å². The van der Waals surface area contributed by atoms with Crippen LogP contribution in [-0.4, -0.2) is 26.5 Å². The molecule has 114 valence electrons. The van der Waals surface area contributed by atoms with Gasteiger partial charge in [0, 0.05) is 18.9 Å². The van der Waals surface area contributed by atoms with Gasteiger partial charge in [-0.3, -0.25) is 0 Å². The molecule has 21 heavy (non-hydrogen) atoms. The Balaban J connectivity index is 0.000000219. The standard InChI is InChI=1S/C7H9ClIN3.C4HCl2IN2/c1-2-3-10-6-5(9)4-11-7(8)12-6;5-3-2(7)1-8-4(6)9-3/h4H,2-3H2,1H3,(H,10,11,12);1H. The fourth-order valence-electron chi connectivity index (χ4n) is 1.04. The molecule has 10 heteroatoms. The van der Waals surface area contributed by atoms with Gasteiger partial charge in [-0.2, -0.15) is 4.98 Å². The summed E-state index contributed by atoms with van der Waals surface area (Å²) in [5.41, 5.74) is 0. The van der Waals surface area contributed by atoms with Crippen molar-refractivity contribution in [1.82, 2.24) is 19.9 Å². The van der Waals surface area contributed by atoms with Gasteiger partial charge in [-0.25, -0.2) is 15.0 Å². The van der Waals surface area contributed by atoms with E-state index in [9.17, 15) is 0 Å². The molecule has 2 heterocycles. The number of anilines is 1. The zero-order valence-corrected chi connectivity index (χ0v) is 17.3. The lowest BCUT2D eigenvalue weighted by Gasteiger charge is -2.04. The number of nitrogens with zero attached hydrogens (tertiary/aromatic N) is 4. The van der Waals surface area contributed by atoms with Gasteiger partial charge in [0.05, 0.1) is 7.14 Å². The van der Waals surface area contributed by atoms with E-state index < -0.39 is 0 Å². The fraction of sp³-hybridized carbons (Fsp3) is 0.273. The van der Waals surface area contributed by atoms with E-state index in [0.29, 0.717) is 5.15 Å². The molecule has 0 atom stereocenters. The minimum atomic E-state index is 0.181. The minimum Gasteiger partial charge on any atom is -0.369 e. The highest BCUT2D eigenvalue weighted by molar-refractivity contribution is 14.1. The lowest BCUT2D eigenvalue weighted by Crippen LogP contribution is -2.04. The van der Waals surface area contributed by atoms with Crippen LogP contribution in [0.4, 0.5) is 5.82 Å². The topological polar surface area (TPSA) is 63.6 Å². The predicted octanol–water partition coefficient (Wildman–Crippen LogP) is 4.94. The average Bonchev–Trinajstić information content (AvgIpc) is 2.45. The second kappa shape index (κ2) is 10.1. The summed E-state index contributed by atoms with van der Waals surface area (Å²) in [4.78, 5) is 15.3. The van der Waals surface area contributed by atoms with Gasteiger partial charge < -0.3 is 5.32 Å². The maximum atomic E-state index is 5.63. The van der Waals surface area contributed by atoms with Gasteiger partial charge in [0.2, 0.25) is 10.6 Å². The van der Waals surface area contributed by atoms with Crippen molar-refractivity contribution in [2.75, 3.05) is 11.9 Å². The summed E-state index contributed by atoms with van der Waals surface area (Å²) < 4.78 is 1.80. The molecule has 0 saturated heterocycles. The van der Waals surface area contributed by atoms with E-state index in [1.165, 1.54) is 0 Å². The number of aromatic nitrogens is 4. The van der Waals surface area contributed by atoms with Gasteiger partial charge in [-0.15, -0.1) is 0 Å². The first-order valence-corrected chi connectivity index (χ1v) is 8.98. The highest BCUT2D eigenvalue weighted by Gasteiger charge is 2.01. The Hall–Kier alpha value is 0.290. The summed E-state index contributed by atoms with van der Waals surface area (Å²) >= 11 is 20.8. The van der Waals surface area contributed by atoms with Gasteiger partial charge in [0.25, 0.3) is 0 Å². The van der Waals surface area contributed by atoms with Crippen molar-refractivity contribution >= 4 is 85.8 Å². The number of rotatable bonds is 3. The Bertz CT molecular complexity index is 600. The molecule has 0 radical (unpaired) electrons. The van der Waals surface area contributed by atoms with Crippen LogP contribution in [0.5, 0.6) is 0 Å². The molecule has 0 aliphatic rings. The third-order valence-electron chi connectivity index (χ3n) is 1.93. The van der Waals surface area contributed by atoms with Crippen LogP contribution in [0.25, 0.3) is 0 Å². The maximum Gasteiger partial charge on any atom is 0.224 e. The van der Waals surface area contributed by atoms with Crippen molar-refractivity contribution in [1.29, 1.82) is 0 Å². The van der Waals surface area contributed by atoms with Gasteiger partial charge in [0.15, 0.2) is 0 Å². The van der Waals surface area contributed by atoms with E-state index in [0.717, 1.165) is 25.9 Å². The minimum absolute atomic E-state index is 0.181. The van der Waals surface area contributed by atoms with Gasteiger partial charge >= 0.3 is 0 Å². The first kappa shape index (κ1) is 19.3. The van der Waals surface area contributed by atoms with Crippen molar-refractivity contribution in [2.45, 2.75) is 13.3 Å². The van der Waals surface area contributed by atoms with Crippen LogP contribution >= 0.6 is 80.0 Å². The second-order valence-electron chi connectivity index (χ2n) is 3.54. The highest BCUT2D eigenvalue weighted by Crippen LogP contribution is 2.16. The third kappa shape index (κ3) is 7.40. The molecule has 0 saturated carbocycles. The molecule has 2 aromatic heterocycles. The van der Waals surface area contributed by atoms with Crippen molar-refractivity contribution in [3.63, 3.8) is 0 Å². The summed E-state index contributed by atoms with van der Waals surface area (Å²) in [7, 11) is 0. The van der Waals surface area contributed by atoms with E-state index in [-0.39, 0.29) is 10.6 Å². The fourth-order valence-corrected chi connectivity index (χ4v) is 2.19. The Morgan fingerprint density at radius 1 is 1.00 bits per heavy atom. The number of hydrogen-bond acceptors (Lipinski definition) is 5. The third-order valence-corrected chi connectivity index (χ3v) is 4.48. The number of halogens is 5. The van der Waals surface area contributed by atoms with E-state index in [1.807, 2.05) is 22.6 Å². The monoisotopic (exact) mass is 571 g/mol. The quantitative estimate of drug-likeness (QED) is 0.321. The van der Waals surface area contributed by atoms with Crippen LogP contribution in [0, 0.1) is 7.14 Å². The molecule has 0 bridgehead atoms. The SMILES string of the molecule is CCCNc1nc(Cl)ncc1I.Clc1ncc(I)c(Cl)n1. The van der Waals surface area contributed by atoms with E-state index >= 15 is 0 Å². The Morgan fingerprint density at radius 2 is 1.57 bits per heavy atom. The lowest BCUT2D eigenvalue weighted by atomic mass is 10.4. The van der Waals surface area contributed by atoms with E-state index in [4.69, 9.17) is 34.8 Å². The molecule has 5 nitrogen and oxygen atoms in total. The predicted molar refractivity (Wildman–Crippen MR) is 103 cm³/mol. The molecule has 2 rings (SSSR count). The Kier molecular flexibility index (Phi) is 9.33. The van der Waals surface area contributed by atoms with Crippen molar-refractivity contribution < 1.29 is 0 Å². The molecule has 0 amide bonds. The summed E-state index contributed by atoms with van der Waals surface area (Å²) in [5.74, 6) is 0.817. The molecular formula is C11H10Cl3I2N5. The van der Waals surface area contributed by atoms with Gasteiger partial charge in [-0.05, 0) is 74.8 Å². The molecule has 0 aliphatic heterocycles. The van der Waals surface area contributed by atoms with Crippen LogP contribution in [0.15, 0.2) is 12.4 Å². The summed E-state index contributed by atoms with van der Waals surface area (Å²) in [6, 6.07) is 0. The van der Waals surface area contributed by atoms with Gasteiger partial charge in [0.1, 0.15) is 11.0 Å². The molecule has 0 spiro atoms. The smallest absolute Gasteiger partial charge is 0.224 e. The van der Waals surface area contributed by atoms with Crippen LogP contribution in [0.1, 0.15) is 13.3 Å². The van der Waals surface area contributed by atoms with Crippen molar-refractivity contribution in [3.05, 3.63) is 35.3 Å². The molecule has 2 aromatic rings. The van der Waals surface area contributed by atoms with Gasteiger partial charge in [-0.1, -0.05) is 18.5 Å². The molecule has 0 aromatic carbocycles. The largest absolute Gasteiger partial charge is 0.369 e. The number of hydrogen-bond donors (Lipinski definition) is 1. The highest BCUT2D eigenvalue weighted by atomic mass is 127. The van der Waals surface area contributed by atoms with E-state index in [2.05, 4.69) is 54.8 Å². The summed E-state index contributed by atoms with van der Waals surface area (Å²) in [5, 5.41) is 4.03. The van der Waals surface area contributed by atoms with Crippen LogP contribution in [0.3, 0.4) is 0 Å². The average molecular weight is 572 g/mol. The molecule has 0 aliphatic carbocycles. The summed E-state index contributed by atoms with van der Waals surface area (Å²) in [6.45, 7) is 3.01.